The van der Waals surface area contributed by atoms with Crippen LogP contribution in [0.25, 0.3) is 0 Å². The first kappa shape index (κ1) is 8.95. The van der Waals surface area contributed by atoms with Crippen LogP contribution in [0, 0.1) is 0 Å². The summed E-state index contributed by atoms with van der Waals surface area (Å²) in [4.78, 5) is 10.7. The molecule has 0 heterocycles. The van der Waals surface area contributed by atoms with Gasteiger partial charge < -0.3 is 5.73 Å². The van der Waals surface area contributed by atoms with Crippen molar-refractivity contribution in [1.29, 1.82) is 0 Å². The van der Waals surface area contributed by atoms with Gasteiger partial charge in [-0.05, 0) is 12.5 Å². The molecule has 0 spiro atoms. The first-order valence-electron chi connectivity index (χ1n) is 3.23. The fourth-order valence-electron chi connectivity index (χ4n) is 0.399. The first-order chi connectivity index (χ1) is 4.57. The van der Waals surface area contributed by atoms with E-state index in [9.17, 15) is 4.79 Å². The van der Waals surface area contributed by atoms with E-state index in [4.69, 9.17) is 5.73 Å². The predicted molar refractivity (Wildman–Crippen MR) is 42.4 cm³/mol. The summed E-state index contributed by atoms with van der Waals surface area (Å²) >= 11 is 0. The molecular formula is C8H13NO. The molecule has 56 valence electrons. The summed E-state index contributed by atoms with van der Waals surface area (Å²) in [6.07, 6.45) is 1.91. The van der Waals surface area contributed by atoms with Crippen LogP contribution in [-0.4, -0.2) is 5.78 Å². The third kappa shape index (κ3) is 3.07. The van der Waals surface area contributed by atoms with Crippen molar-refractivity contribution in [3.05, 3.63) is 23.9 Å². The van der Waals surface area contributed by atoms with E-state index in [-0.39, 0.29) is 5.78 Å². The van der Waals surface area contributed by atoms with Crippen molar-refractivity contribution in [2.45, 2.75) is 20.3 Å². The molecule has 0 aromatic carbocycles. The molecule has 0 bridgehead atoms. The average molecular weight is 139 g/mol. The molecule has 0 aromatic rings. The molecule has 0 unspecified atom stereocenters. The molecule has 0 aliphatic carbocycles. The molecule has 0 amide bonds. The summed E-state index contributed by atoms with van der Waals surface area (Å²) in [5.41, 5.74) is 6.65. The minimum atomic E-state index is 0.0421. The fraction of sp³-hybridized carbons (Fsp3) is 0.375. The van der Waals surface area contributed by atoms with E-state index >= 15 is 0 Å². The molecule has 0 aromatic heterocycles. The number of hydrogen-bond acceptors (Lipinski definition) is 2. The van der Waals surface area contributed by atoms with E-state index in [1.165, 1.54) is 6.08 Å². The second kappa shape index (κ2) is 3.88. The minimum Gasteiger partial charge on any atom is -0.398 e. The molecule has 0 saturated carbocycles. The summed E-state index contributed by atoms with van der Waals surface area (Å²) in [7, 11) is 0. The third-order valence-electron chi connectivity index (χ3n) is 1.16. The van der Waals surface area contributed by atoms with E-state index in [1.807, 2.05) is 0 Å². The van der Waals surface area contributed by atoms with Crippen molar-refractivity contribution in [1.82, 2.24) is 0 Å². The van der Waals surface area contributed by atoms with Gasteiger partial charge in [0.15, 0.2) is 5.78 Å². The molecule has 0 fully saturated rings. The molecular weight excluding hydrogens is 126 g/mol. The Balaban J connectivity index is 4.16. The van der Waals surface area contributed by atoms with Crippen LogP contribution in [0.3, 0.4) is 0 Å². The van der Waals surface area contributed by atoms with Gasteiger partial charge in [0, 0.05) is 18.2 Å². The number of allylic oxidation sites excluding steroid dienone is 2. The Hall–Kier alpha value is -1.05. The largest absolute Gasteiger partial charge is 0.398 e. The Morgan fingerprint density at radius 1 is 1.70 bits per heavy atom. The highest BCUT2D eigenvalue weighted by Crippen LogP contribution is 1.98. The number of ketones is 1. The highest BCUT2D eigenvalue weighted by molar-refractivity contribution is 5.90. The van der Waals surface area contributed by atoms with E-state index < -0.39 is 0 Å². The normalized spacial score (nSPS) is 11.2. The Morgan fingerprint density at radius 2 is 2.20 bits per heavy atom. The van der Waals surface area contributed by atoms with Crippen molar-refractivity contribution in [2.75, 3.05) is 0 Å². The maximum Gasteiger partial charge on any atom is 0.157 e. The van der Waals surface area contributed by atoms with Crippen molar-refractivity contribution in [3.8, 4) is 0 Å². The van der Waals surface area contributed by atoms with E-state index in [2.05, 4.69) is 6.58 Å². The van der Waals surface area contributed by atoms with Crippen LogP contribution in [-0.2, 0) is 4.79 Å². The summed E-state index contributed by atoms with van der Waals surface area (Å²) in [6.45, 7) is 7.17. The first-order valence-corrected chi connectivity index (χ1v) is 3.23. The Kier molecular flexibility index (Phi) is 3.47. The zero-order valence-corrected chi connectivity index (χ0v) is 6.48. The molecule has 10 heavy (non-hydrogen) atoms. The Morgan fingerprint density at radius 3 is 2.50 bits per heavy atom. The minimum absolute atomic E-state index is 0.0421. The maximum atomic E-state index is 10.7. The van der Waals surface area contributed by atoms with Crippen LogP contribution in [0.1, 0.15) is 20.3 Å². The second-order valence-electron chi connectivity index (χ2n) is 2.20. The molecule has 0 radical (unpaired) electrons. The SMILES string of the molecule is C=C(C)/C(N)=C\C(=O)CC. The lowest BCUT2D eigenvalue weighted by atomic mass is 10.2. The number of nitrogens with two attached hydrogens (primary N) is 1. The van der Waals surface area contributed by atoms with Gasteiger partial charge in [0.2, 0.25) is 0 Å². The van der Waals surface area contributed by atoms with E-state index in [0.29, 0.717) is 12.1 Å². The lowest BCUT2D eigenvalue weighted by Gasteiger charge is -1.96. The second-order valence-corrected chi connectivity index (χ2v) is 2.20. The highest BCUT2D eigenvalue weighted by atomic mass is 16.1. The maximum absolute atomic E-state index is 10.7. The number of hydrogen-bond donors (Lipinski definition) is 1. The zero-order chi connectivity index (χ0) is 8.15. The molecule has 2 N–H and O–H groups in total. The molecule has 2 nitrogen and oxygen atoms in total. The number of rotatable bonds is 3. The van der Waals surface area contributed by atoms with Crippen molar-refractivity contribution >= 4 is 5.78 Å². The molecule has 2 heteroatoms. The van der Waals surface area contributed by atoms with Gasteiger partial charge in [0.05, 0.1) is 0 Å². The summed E-state index contributed by atoms with van der Waals surface area (Å²) in [6, 6.07) is 0. The molecule has 0 atom stereocenters. The van der Waals surface area contributed by atoms with Gasteiger partial charge in [0.1, 0.15) is 0 Å². The molecule has 0 rings (SSSR count). The summed E-state index contributed by atoms with van der Waals surface area (Å²) in [5.74, 6) is 0.0421. The molecule has 0 aliphatic heterocycles. The van der Waals surface area contributed by atoms with Crippen LogP contribution in [0.4, 0.5) is 0 Å². The Bertz CT molecular complexity index is 180. The highest BCUT2D eigenvalue weighted by Gasteiger charge is 1.94. The van der Waals surface area contributed by atoms with Crippen LogP contribution < -0.4 is 5.73 Å². The van der Waals surface area contributed by atoms with Gasteiger partial charge in [-0.1, -0.05) is 13.5 Å². The van der Waals surface area contributed by atoms with Crippen molar-refractivity contribution < 1.29 is 4.79 Å². The number of carbonyl (C=O) groups is 1. The predicted octanol–water partition coefficient (Wildman–Crippen LogP) is 1.38. The number of carbonyl (C=O) groups excluding carboxylic acids is 1. The van der Waals surface area contributed by atoms with Gasteiger partial charge in [-0.3, -0.25) is 4.79 Å². The lowest BCUT2D eigenvalue weighted by molar-refractivity contribution is -0.114. The van der Waals surface area contributed by atoms with Crippen molar-refractivity contribution in [2.24, 2.45) is 5.73 Å². The van der Waals surface area contributed by atoms with Gasteiger partial charge in [0.25, 0.3) is 0 Å². The van der Waals surface area contributed by atoms with E-state index in [0.717, 1.165) is 5.57 Å². The van der Waals surface area contributed by atoms with Gasteiger partial charge in [-0.15, -0.1) is 0 Å². The van der Waals surface area contributed by atoms with Gasteiger partial charge in [-0.25, -0.2) is 0 Å². The Labute approximate surface area is 61.4 Å². The van der Waals surface area contributed by atoms with Crippen LogP contribution in [0.5, 0.6) is 0 Å². The summed E-state index contributed by atoms with van der Waals surface area (Å²) in [5, 5.41) is 0. The van der Waals surface area contributed by atoms with Crippen molar-refractivity contribution in [3.63, 3.8) is 0 Å². The standard InChI is InChI=1S/C8H13NO/c1-4-7(10)5-8(9)6(2)3/h5H,2,4,9H2,1,3H3/b8-5+. The third-order valence-corrected chi connectivity index (χ3v) is 1.16. The topological polar surface area (TPSA) is 43.1 Å². The zero-order valence-electron chi connectivity index (χ0n) is 6.48. The monoisotopic (exact) mass is 139 g/mol. The van der Waals surface area contributed by atoms with Gasteiger partial charge >= 0.3 is 0 Å². The van der Waals surface area contributed by atoms with Crippen LogP contribution >= 0.6 is 0 Å². The van der Waals surface area contributed by atoms with E-state index in [1.54, 1.807) is 13.8 Å². The molecule has 0 aliphatic rings. The fourth-order valence-corrected chi connectivity index (χ4v) is 0.399. The average Bonchev–Trinajstić information content (AvgIpc) is 1.87. The lowest BCUT2D eigenvalue weighted by Crippen LogP contribution is -2.01. The molecule has 0 saturated heterocycles. The van der Waals surface area contributed by atoms with Crippen LogP contribution in [0.2, 0.25) is 0 Å². The van der Waals surface area contributed by atoms with Gasteiger partial charge in [-0.2, -0.15) is 0 Å². The summed E-state index contributed by atoms with van der Waals surface area (Å²) < 4.78 is 0. The quantitative estimate of drug-likeness (QED) is 0.474. The van der Waals surface area contributed by atoms with Crippen LogP contribution in [0.15, 0.2) is 23.9 Å². The smallest absolute Gasteiger partial charge is 0.157 e.